The summed E-state index contributed by atoms with van der Waals surface area (Å²) in [7, 11) is 0. The molecule has 5 unspecified atom stereocenters. The fourth-order valence-electron chi connectivity index (χ4n) is 4.46. The van der Waals surface area contributed by atoms with Gasteiger partial charge < -0.3 is 10.0 Å². The highest BCUT2D eigenvalue weighted by molar-refractivity contribution is 6.38. The van der Waals surface area contributed by atoms with Crippen LogP contribution in [0.15, 0.2) is 24.4 Å². The zero-order chi connectivity index (χ0) is 21.3. The van der Waals surface area contributed by atoms with Gasteiger partial charge in [0, 0.05) is 24.6 Å². The van der Waals surface area contributed by atoms with Crippen molar-refractivity contribution >= 4 is 29.2 Å². The van der Waals surface area contributed by atoms with Crippen LogP contribution >= 0.6 is 11.6 Å². The van der Waals surface area contributed by atoms with Crippen molar-refractivity contribution in [1.82, 2.24) is 9.88 Å². The summed E-state index contributed by atoms with van der Waals surface area (Å²) in [5.41, 5.74) is -0.541. The number of hydrogen-bond acceptors (Lipinski definition) is 4. The molecule has 2 heterocycles. The molecule has 154 valence electrons. The first-order chi connectivity index (χ1) is 13.5. The molecule has 2 N–H and O–H groups in total. The minimum atomic E-state index is -2.78. The molecule has 1 aliphatic heterocycles. The Morgan fingerprint density at radius 2 is 2.21 bits per heavy atom. The maximum Gasteiger partial charge on any atom is 0.350 e. The standard InChI is InChI=1S/C20H20ClF2N3O3/c1-9(26-8-20(16(24)18(28)29)4-3-12(20)17(26)27)10-5-14(21)15(25-7-10)11-6-13(11)19(2,22)23/h3-5,7,9,11-13,24H,6,8H2,1-2H3,(H,28,29). The lowest BCUT2D eigenvalue weighted by atomic mass is 9.66. The Kier molecular flexibility index (Phi) is 4.35. The first-order valence-corrected chi connectivity index (χ1v) is 9.70. The number of hydrogen-bond donors (Lipinski definition) is 2. The Hall–Kier alpha value is -2.35. The summed E-state index contributed by atoms with van der Waals surface area (Å²) in [5.74, 6) is -6.17. The van der Waals surface area contributed by atoms with Crippen LogP contribution in [0.2, 0.25) is 5.02 Å². The number of carbonyl (C=O) groups excluding carboxylic acids is 1. The number of aliphatic carboxylic acids is 1. The number of carboxylic acid groups (broad SMARTS) is 1. The number of pyridine rings is 1. The van der Waals surface area contributed by atoms with Gasteiger partial charge in [-0.05, 0) is 31.9 Å². The molecular weight excluding hydrogens is 404 g/mol. The molecule has 4 rings (SSSR count). The molecule has 6 nitrogen and oxygen atoms in total. The van der Waals surface area contributed by atoms with Crippen molar-refractivity contribution in [3.8, 4) is 0 Å². The van der Waals surface area contributed by atoms with Crippen molar-refractivity contribution in [1.29, 1.82) is 5.41 Å². The van der Waals surface area contributed by atoms with Gasteiger partial charge in [-0.15, -0.1) is 0 Å². The number of carbonyl (C=O) groups is 2. The quantitative estimate of drug-likeness (QED) is 0.539. The van der Waals surface area contributed by atoms with E-state index in [2.05, 4.69) is 4.98 Å². The molecule has 0 spiro atoms. The molecule has 0 bridgehead atoms. The van der Waals surface area contributed by atoms with Gasteiger partial charge in [-0.2, -0.15) is 0 Å². The van der Waals surface area contributed by atoms with Crippen molar-refractivity contribution < 1.29 is 23.5 Å². The van der Waals surface area contributed by atoms with Gasteiger partial charge in [0.15, 0.2) is 0 Å². The largest absolute Gasteiger partial charge is 0.477 e. The van der Waals surface area contributed by atoms with Gasteiger partial charge in [-0.3, -0.25) is 15.2 Å². The highest BCUT2D eigenvalue weighted by atomic mass is 35.5. The molecule has 0 radical (unpaired) electrons. The number of fused-ring (bicyclic) bond motifs is 1. The van der Waals surface area contributed by atoms with Crippen LogP contribution in [-0.2, 0) is 9.59 Å². The van der Waals surface area contributed by atoms with Crippen molar-refractivity contribution in [2.24, 2.45) is 17.3 Å². The molecule has 9 heteroatoms. The predicted molar refractivity (Wildman–Crippen MR) is 101 cm³/mol. The van der Waals surface area contributed by atoms with Crippen LogP contribution in [-0.4, -0.2) is 45.0 Å². The van der Waals surface area contributed by atoms with E-state index in [-0.39, 0.29) is 23.4 Å². The predicted octanol–water partition coefficient (Wildman–Crippen LogP) is 3.67. The Labute approximate surface area is 171 Å². The monoisotopic (exact) mass is 423 g/mol. The van der Waals surface area contributed by atoms with Crippen LogP contribution in [0, 0.1) is 22.7 Å². The number of nitrogens with zero attached hydrogens (tertiary/aromatic N) is 2. The number of aromatic nitrogens is 1. The van der Waals surface area contributed by atoms with E-state index in [9.17, 15) is 23.5 Å². The third kappa shape index (κ3) is 2.96. The molecule has 1 saturated carbocycles. The third-order valence-corrected chi connectivity index (χ3v) is 6.74. The SMILES string of the molecule is CC(c1cnc(C2CC2C(C)(F)F)c(Cl)c1)N1CC2(C(=N)C(=O)O)C=CC2C1=O. The molecule has 1 saturated heterocycles. The smallest absolute Gasteiger partial charge is 0.350 e. The number of nitrogens with one attached hydrogen (secondary N) is 1. The van der Waals surface area contributed by atoms with Gasteiger partial charge in [0.1, 0.15) is 5.71 Å². The summed E-state index contributed by atoms with van der Waals surface area (Å²) >= 11 is 6.32. The van der Waals surface area contributed by atoms with Crippen LogP contribution in [0.5, 0.6) is 0 Å². The number of likely N-dealkylation sites (tertiary alicyclic amines) is 1. The number of alkyl halides is 2. The Morgan fingerprint density at radius 3 is 2.69 bits per heavy atom. The average Bonchev–Trinajstić information content (AvgIpc) is 3.38. The Bertz CT molecular complexity index is 961. The van der Waals surface area contributed by atoms with Gasteiger partial charge in [0.25, 0.3) is 0 Å². The second kappa shape index (κ2) is 6.32. The summed E-state index contributed by atoms with van der Waals surface area (Å²) in [6.07, 6.45) is 5.10. The molecule has 5 atom stereocenters. The molecule has 29 heavy (non-hydrogen) atoms. The van der Waals surface area contributed by atoms with E-state index in [1.165, 1.54) is 11.1 Å². The highest BCUT2D eigenvalue weighted by Crippen LogP contribution is 2.56. The highest BCUT2D eigenvalue weighted by Gasteiger charge is 2.59. The summed E-state index contributed by atoms with van der Waals surface area (Å²) in [4.78, 5) is 29.9. The minimum absolute atomic E-state index is 0.0887. The van der Waals surface area contributed by atoms with Gasteiger partial charge in [0.2, 0.25) is 11.8 Å². The number of halogens is 3. The van der Waals surface area contributed by atoms with Gasteiger partial charge >= 0.3 is 5.97 Å². The van der Waals surface area contributed by atoms with Crippen molar-refractivity contribution in [2.75, 3.05) is 6.54 Å². The second-order valence-corrected chi connectivity index (χ2v) is 8.65. The molecule has 0 aromatic carbocycles. The number of rotatable bonds is 6. The zero-order valence-electron chi connectivity index (χ0n) is 15.8. The molecule has 3 aliphatic rings. The normalized spacial score (nSPS) is 31.3. The van der Waals surface area contributed by atoms with Crippen LogP contribution in [0.4, 0.5) is 8.78 Å². The first-order valence-electron chi connectivity index (χ1n) is 9.32. The molecule has 2 fully saturated rings. The maximum absolute atomic E-state index is 13.5. The van der Waals surface area contributed by atoms with Crippen molar-refractivity contribution in [3.63, 3.8) is 0 Å². The van der Waals surface area contributed by atoms with Crippen molar-refractivity contribution in [2.45, 2.75) is 38.2 Å². The Morgan fingerprint density at radius 1 is 1.52 bits per heavy atom. The number of amides is 1. The van der Waals surface area contributed by atoms with Crippen LogP contribution in [0.1, 0.15) is 43.5 Å². The first kappa shape index (κ1) is 19.9. The number of carboxylic acids is 1. The average molecular weight is 424 g/mol. The third-order valence-electron chi connectivity index (χ3n) is 6.43. The van der Waals surface area contributed by atoms with E-state index in [4.69, 9.17) is 17.0 Å². The summed E-state index contributed by atoms with van der Waals surface area (Å²) in [5, 5.41) is 17.4. The molecule has 1 aromatic heterocycles. The van der Waals surface area contributed by atoms with Gasteiger partial charge in [0.05, 0.1) is 28.1 Å². The lowest BCUT2D eigenvalue weighted by molar-refractivity contribution is -0.131. The molecule has 1 aromatic rings. The summed E-state index contributed by atoms with van der Waals surface area (Å²) < 4.78 is 27.0. The van der Waals surface area contributed by atoms with Gasteiger partial charge in [-0.1, -0.05) is 23.8 Å². The summed E-state index contributed by atoms with van der Waals surface area (Å²) in [6.45, 7) is 2.76. The Balaban J connectivity index is 1.55. The van der Waals surface area contributed by atoms with Gasteiger partial charge in [-0.25, -0.2) is 13.6 Å². The van der Waals surface area contributed by atoms with E-state index < -0.39 is 40.9 Å². The topological polar surface area (TPSA) is 94.3 Å². The fourth-order valence-corrected chi connectivity index (χ4v) is 4.78. The lowest BCUT2D eigenvalue weighted by Gasteiger charge is -2.34. The molecule has 2 aliphatic carbocycles. The van der Waals surface area contributed by atoms with E-state index in [1.807, 2.05) is 0 Å². The molecular formula is C20H20ClF2N3O3. The second-order valence-electron chi connectivity index (χ2n) is 8.24. The van der Waals surface area contributed by atoms with E-state index in [0.717, 1.165) is 6.92 Å². The van der Waals surface area contributed by atoms with Crippen LogP contribution < -0.4 is 0 Å². The zero-order valence-corrected chi connectivity index (χ0v) is 16.6. The maximum atomic E-state index is 13.5. The summed E-state index contributed by atoms with van der Waals surface area (Å²) in [6, 6.07) is 1.18. The van der Waals surface area contributed by atoms with Crippen molar-refractivity contribution in [3.05, 3.63) is 40.7 Å². The lowest BCUT2D eigenvalue weighted by Crippen LogP contribution is -2.45. The fraction of sp³-hybridized carbons (Fsp3) is 0.500. The van der Waals surface area contributed by atoms with Crippen LogP contribution in [0.3, 0.4) is 0 Å². The molecule has 1 amide bonds. The van der Waals surface area contributed by atoms with E-state index in [0.29, 0.717) is 17.7 Å². The van der Waals surface area contributed by atoms with E-state index in [1.54, 1.807) is 25.1 Å². The van der Waals surface area contributed by atoms with Crippen LogP contribution in [0.25, 0.3) is 0 Å². The van der Waals surface area contributed by atoms with E-state index >= 15 is 0 Å². The minimum Gasteiger partial charge on any atom is -0.477 e.